The Bertz CT molecular complexity index is 319. The Balaban J connectivity index is 2.39. The van der Waals surface area contributed by atoms with Crippen LogP contribution in [0.3, 0.4) is 0 Å². The highest BCUT2D eigenvalue weighted by Crippen LogP contribution is 2.17. The fraction of sp³-hybridized carbons (Fsp3) is 1.00. The van der Waals surface area contributed by atoms with Crippen LogP contribution in [0.4, 0.5) is 0 Å². The molecule has 102 valence electrons. The maximum Gasteiger partial charge on any atom is 0.279 e. The van der Waals surface area contributed by atoms with Crippen LogP contribution in [0.25, 0.3) is 0 Å². The van der Waals surface area contributed by atoms with Gasteiger partial charge in [-0.25, -0.2) is 4.72 Å². The number of hydrogen-bond donors (Lipinski definition) is 2. The Morgan fingerprint density at radius 1 is 1.53 bits per heavy atom. The van der Waals surface area contributed by atoms with Gasteiger partial charge in [-0.1, -0.05) is 13.8 Å². The third kappa shape index (κ3) is 4.91. The van der Waals surface area contributed by atoms with E-state index in [1.807, 2.05) is 6.92 Å². The summed E-state index contributed by atoms with van der Waals surface area (Å²) in [6.07, 6.45) is 3.64. The largest absolute Gasteiger partial charge is 0.328 e. The Labute approximate surface area is 105 Å². The second-order valence-corrected chi connectivity index (χ2v) is 6.72. The van der Waals surface area contributed by atoms with Gasteiger partial charge in [-0.3, -0.25) is 0 Å². The van der Waals surface area contributed by atoms with Crippen molar-refractivity contribution in [2.75, 3.05) is 19.6 Å². The van der Waals surface area contributed by atoms with E-state index < -0.39 is 10.2 Å². The lowest BCUT2D eigenvalue weighted by molar-refractivity contribution is 0.278. The van der Waals surface area contributed by atoms with Crippen molar-refractivity contribution in [1.29, 1.82) is 0 Å². The summed E-state index contributed by atoms with van der Waals surface area (Å²) in [7, 11) is -3.29. The average molecular weight is 263 g/mol. The van der Waals surface area contributed by atoms with Crippen LogP contribution in [0.15, 0.2) is 0 Å². The third-order valence-electron chi connectivity index (χ3n) is 3.28. The summed E-state index contributed by atoms with van der Waals surface area (Å²) < 4.78 is 28.1. The summed E-state index contributed by atoms with van der Waals surface area (Å²) in [5.41, 5.74) is 5.75. The molecule has 1 saturated heterocycles. The molecule has 0 aromatic rings. The van der Waals surface area contributed by atoms with Crippen molar-refractivity contribution in [2.45, 2.75) is 45.6 Å². The maximum absolute atomic E-state index is 12.0. The van der Waals surface area contributed by atoms with Crippen molar-refractivity contribution >= 4 is 10.2 Å². The average Bonchev–Trinajstić information content (AvgIpc) is 2.28. The molecule has 1 fully saturated rings. The molecule has 0 aromatic heterocycles. The summed E-state index contributed by atoms with van der Waals surface area (Å²) in [4.78, 5) is 0. The molecule has 0 radical (unpaired) electrons. The lowest BCUT2D eigenvalue weighted by Crippen LogP contribution is -2.46. The first-order chi connectivity index (χ1) is 7.95. The van der Waals surface area contributed by atoms with Crippen LogP contribution in [-0.4, -0.2) is 38.4 Å². The monoisotopic (exact) mass is 263 g/mol. The van der Waals surface area contributed by atoms with Crippen molar-refractivity contribution in [1.82, 2.24) is 9.03 Å². The van der Waals surface area contributed by atoms with E-state index in [2.05, 4.69) is 11.6 Å². The van der Waals surface area contributed by atoms with Gasteiger partial charge in [0, 0.05) is 25.7 Å². The van der Waals surface area contributed by atoms with E-state index in [0.717, 1.165) is 19.3 Å². The van der Waals surface area contributed by atoms with Crippen molar-refractivity contribution < 1.29 is 8.42 Å². The highest BCUT2D eigenvalue weighted by Gasteiger charge is 2.26. The summed E-state index contributed by atoms with van der Waals surface area (Å²) in [6, 6.07) is 0.0815. The van der Waals surface area contributed by atoms with Crippen molar-refractivity contribution in [3.05, 3.63) is 0 Å². The molecule has 1 aliphatic rings. The fourth-order valence-electron chi connectivity index (χ4n) is 2.03. The van der Waals surface area contributed by atoms with Crippen LogP contribution >= 0.6 is 0 Å². The Kier molecular flexibility index (Phi) is 5.85. The van der Waals surface area contributed by atoms with Crippen LogP contribution < -0.4 is 10.5 Å². The second-order valence-electron chi connectivity index (χ2n) is 4.96. The van der Waals surface area contributed by atoms with Gasteiger partial charge in [0.2, 0.25) is 0 Å². The number of piperidine rings is 1. The number of nitrogens with one attached hydrogen (secondary N) is 1. The smallest absolute Gasteiger partial charge is 0.279 e. The Morgan fingerprint density at radius 3 is 2.82 bits per heavy atom. The number of rotatable bonds is 6. The van der Waals surface area contributed by atoms with Gasteiger partial charge in [0.15, 0.2) is 0 Å². The predicted octanol–water partition coefficient (Wildman–Crippen LogP) is 0.680. The fourth-order valence-corrected chi connectivity index (χ4v) is 3.41. The molecule has 0 aromatic carbocycles. The van der Waals surface area contributed by atoms with E-state index in [9.17, 15) is 8.42 Å². The zero-order chi connectivity index (χ0) is 12.9. The SMILES string of the molecule is CCC(N)CCNS(=O)(=O)N1CCCC(C)C1. The Hall–Kier alpha value is -0.170. The summed E-state index contributed by atoms with van der Waals surface area (Å²) >= 11 is 0. The van der Waals surface area contributed by atoms with Gasteiger partial charge in [0.1, 0.15) is 0 Å². The van der Waals surface area contributed by atoms with Gasteiger partial charge < -0.3 is 5.73 Å². The maximum atomic E-state index is 12.0. The van der Waals surface area contributed by atoms with Crippen LogP contribution in [-0.2, 0) is 10.2 Å². The molecule has 1 heterocycles. The molecule has 2 unspecified atom stereocenters. The summed E-state index contributed by atoms with van der Waals surface area (Å²) in [5.74, 6) is 0.457. The molecule has 3 N–H and O–H groups in total. The molecule has 0 bridgehead atoms. The predicted molar refractivity (Wildman–Crippen MR) is 69.8 cm³/mol. The zero-order valence-electron chi connectivity index (χ0n) is 10.9. The first-order valence-corrected chi connectivity index (χ1v) is 7.90. The molecule has 0 spiro atoms. The van der Waals surface area contributed by atoms with E-state index >= 15 is 0 Å². The number of nitrogens with zero attached hydrogens (tertiary/aromatic N) is 1. The first-order valence-electron chi connectivity index (χ1n) is 6.46. The van der Waals surface area contributed by atoms with Crippen LogP contribution in [0.2, 0.25) is 0 Å². The molecule has 6 heteroatoms. The highest BCUT2D eigenvalue weighted by molar-refractivity contribution is 7.87. The molecule has 1 aliphatic heterocycles. The van der Waals surface area contributed by atoms with Gasteiger partial charge in [0.05, 0.1) is 0 Å². The third-order valence-corrected chi connectivity index (χ3v) is 4.86. The topological polar surface area (TPSA) is 75.4 Å². The van der Waals surface area contributed by atoms with Gasteiger partial charge in [-0.15, -0.1) is 0 Å². The minimum Gasteiger partial charge on any atom is -0.328 e. The van der Waals surface area contributed by atoms with Crippen LogP contribution in [0, 0.1) is 5.92 Å². The van der Waals surface area contributed by atoms with Crippen molar-refractivity contribution in [3.63, 3.8) is 0 Å². The number of hydrogen-bond acceptors (Lipinski definition) is 3. The molecule has 1 rings (SSSR count). The summed E-state index contributed by atoms with van der Waals surface area (Å²) in [5, 5.41) is 0. The minimum atomic E-state index is -3.29. The lowest BCUT2D eigenvalue weighted by Gasteiger charge is -2.30. The van der Waals surface area contributed by atoms with Crippen LogP contribution in [0.1, 0.15) is 39.5 Å². The molecule has 0 aliphatic carbocycles. The lowest BCUT2D eigenvalue weighted by atomic mass is 10.0. The molecule has 5 nitrogen and oxygen atoms in total. The van der Waals surface area contributed by atoms with Crippen molar-refractivity contribution in [2.24, 2.45) is 11.7 Å². The van der Waals surface area contributed by atoms with Gasteiger partial charge in [-0.05, 0) is 31.6 Å². The molecule has 0 amide bonds. The van der Waals surface area contributed by atoms with Crippen LogP contribution in [0.5, 0.6) is 0 Å². The Morgan fingerprint density at radius 2 is 2.24 bits per heavy atom. The molecule has 17 heavy (non-hydrogen) atoms. The quantitative estimate of drug-likeness (QED) is 0.740. The van der Waals surface area contributed by atoms with Gasteiger partial charge >= 0.3 is 0 Å². The molecular formula is C11H25N3O2S. The molecule has 2 atom stereocenters. The standard InChI is InChI=1S/C11H25N3O2S/c1-3-11(12)6-7-13-17(15,16)14-8-4-5-10(2)9-14/h10-11,13H,3-9,12H2,1-2H3. The second kappa shape index (κ2) is 6.68. The van der Waals surface area contributed by atoms with E-state index in [-0.39, 0.29) is 6.04 Å². The normalized spacial score (nSPS) is 24.8. The van der Waals surface area contributed by atoms with Gasteiger partial charge in [0.25, 0.3) is 10.2 Å². The zero-order valence-corrected chi connectivity index (χ0v) is 11.7. The first kappa shape index (κ1) is 14.9. The molecule has 0 saturated carbocycles. The van der Waals surface area contributed by atoms with E-state index in [1.54, 1.807) is 4.31 Å². The minimum absolute atomic E-state index is 0.0815. The number of nitrogens with two attached hydrogens (primary N) is 1. The van der Waals surface area contributed by atoms with E-state index in [1.165, 1.54) is 0 Å². The van der Waals surface area contributed by atoms with E-state index in [4.69, 9.17) is 5.73 Å². The van der Waals surface area contributed by atoms with Gasteiger partial charge in [-0.2, -0.15) is 12.7 Å². The van der Waals surface area contributed by atoms with Crippen molar-refractivity contribution in [3.8, 4) is 0 Å². The van der Waals surface area contributed by atoms with E-state index in [0.29, 0.717) is 32.0 Å². The summed E-state index contributed by atoms with van der Waals surface area (Å²) in [6.45, 7) is 5.80. The highest BCUT2D eigenvalue weighted by atomic mass is 32.2. The molecular weight excluding hydrogens is 238 g/mol.